The Bertz CT molecular complexity index is 795. The van der Waals surface area contributed by atoms with Crippen LogP contribution in [-0.2, 0) is 11.2 Å². The molecule has 0 spiro atoms. The number of aliphatic imine (C=N–C) groups is 1. The van der Waals surface area contributed by atoms with E-state index in [2.05, 4.69) is 31.1 Å². The largest absolute Gasteiger partial charge is 0.478 e. The Morgan fingerprint density at radius 2 is 2.14 bits per heavy atom. The van der Waals surface area contributed by atoms with Crippen LogP contribution in [0.15, 0.2) is 66.3 Å². The van der Waals surface area contributed by atoms with E-state index in [1.807, 2.05) is 29.0 Å². The van der Waals surface area contributed by atoms with Crippen LogP contribution in [0.5, 0.6) is 0 Å². The van der Waals surface area contributed by atoms with Crippen LogP contribution in [0.4, 0.5) is 0 Å². The first-order valence-electron chi connectivity index (χ1n) is 6.96. The number of fused-ring (bicyclic) bond motifs is 1. The molecule has 4 heteroatoms. The standard InChI is InChI=1S/C18H18N2O2/c1-4-8-17(19-11-13(3)18(21)22)20-12-14(5-2)15-9-6-7-10-16(15)20/h4,6-12H,1,3,5H2,2H3,(H,21,22)/b17-8+,19-11-. The summed E-state index contributed by atoms with van der Waals surface area (Å²) in [5.74, 6) is -0.499. The molecule has 0 bridgehead atoms. The maximum Gasteiger partial charge on any atom is 0.336 e. The lowest BCUT2D eigenvalue weighted by molar-refractivity contribution is -0.131. The maximum absolute atomic E-state index is 10.8. The van der Waals surface area contributed by atoms with E-state index < -0.39 is 5.97 Å². The van der Waals surface area contributed by atoms with Crippen molar-refractivity contribution in [1.29, 1.82) is 0 Å². The third kappa shape index (κ3) is 3.06. The first kappa shape index (κ1) is 15.5. The van der Waals surface area contributed by atoms with Gasteiger partial charge in [-0.05, 0) is 24.1 Å². The minimum Gasteiger partial charge on any atom is -0.478 e. The summed E-state index contributed by atoms with van der Waals surface area (Å²) in [5.41, 5.74) is 2.16. The van der Waals surface area contributed by atoms with Crippen LogP contribution < -0.4 is 0 Å². The number of rotatable bonds is 6. The molecule has 1 N–H and O–H groups in total. The Balaban J connectivity index is 2.55. The third-order valence-electron chi connectivity index (χ3n) is 3.32. The molecule has 0 fully saturated rings. The summed E-state index contributed by atoms with van der Waals surface area (Å²) < 4.78 is 1.93. The number of nitrogens with zero attached hydrogens (tertiary/aromatic N) is 2. The normalized spacial score (nSPS) is 12.0. The van der Waals surface area contributed by atoms with Crippen LogP contribution in [0.2, 0.25) is 0 Å². The van der Waals surface area contributed by atoms with Gasteiger partial charge in [0.05, 0.1) is 11.1 Å². The second kappa shape index (κ2) is 6.72. The molecule has 4 nitrogen and oxygen atoms in total. The Kier molecular flexibility index (Phi) is 4.73. The summed E-state index contributed by atoms with van der Waals surface area (Å²) in [7, 11) is 0. The first-order valence-corrected chi connectivity index (χ1v) is 6.96. The van der Waals surface area contributed by atoms with Crippen LogP contribution in [0.25, 0.3) is 16.7 Å². The smallest absolute Gasteiger partial charge is 0.336 e. The minimum absolute atomic E-state index is 0.0675. The number of hydrogen-bond donors (Lipinski definition) is 1. The van der Waals surface area contributed by atoms with Gasteiger partial charge in [-0.1, -0.05) is 44.4 Å². The number of allylic oxidation sites excluding steroid dienone is 2. The molecule has 0 amide bonds. The molecule has 0 aliphatic heterocycles. The summed E-state index contributed by atoms with van der Waals surface area (Å²) >= 11 is 0. The molecule has 0 saturated carbocycles. The van der Waals surface area contributed by atoms with Crippen molar-refractivity contribution in [2.24, 2.45) is 4.99 Å². The molecule has 1 aromatic heterocycles. The lowest BCUT2D eigenvalue weighted by Crippen LogP contribution is -2.01. The van der Waals surface area contributed by atoms with Crippen molar-refractivity contribution in [3.63, 3.8) is 0 Å². The van der Waals surface area contributed by atoms with Crippen LogP contribution in [0.3, 0.4) is 0 Å². The van der Waals surface area contributed by atoms with Gasteiger partial charge in [-0.3, -0.25) is 0 Å². The number of benzene rings is 1. The van der Waals surface area contributed by atoms with Crippen LogP contribution in [0.1, 0.15) is 12.5 Å². The lowest BCUT2D eigenvalue weighted by Gasteiger charge is -2.05. The highest BCUT2D eigenvalue weighted by Crippen LogP contribution is 2.25. The predicted molar refractivity (Wildman–Crippen MR) is 91.1 cm³/mol. The quantitative estimate of drug-likeness (QED) is 0.499. The number of hydrogen-bond acceptors (Lipinski definition) is 2. The summed E-state index contributed by atoms with van der Waals surface area (Å²) in [6.07, 6.45) is 7.52. The van der Waals surface area contributed by atoms with E-state index in [1.165, 1.54) is 11.8 Å². The van der Waals surface area contributed by atoms with E-state index in [1.54, 1.807) is 12.2 Å². The van der Waals surface area contributed by atoms with Crippen LogP contribution in [0, 0.1) is 0 Å². The fourth-order valence-electron chi connectivity index (χ4n) is 2.21. The number of carboxylic acid groups (broad SMARTS) is 1. The molecule has 0 saturated heterocycles. The highest BCUT2D eigenvalue weighted by Gasteiger charge is 2.09. The topological polar surface area (TPSA) is 54.6 Å². The zero-order chi connectivity index (χ0) is 16.1. The molecule has 2 rings (SSSR count). The van der Waals surface area contributed by atoms with Gasteiger partial charge in [0.25, 0.3) is 0 Å². The average molecular weight is 294 g/mol. The Hall–Kier alpha value is -2.88. The number of aryl methyl sites for hydroxylation is 1. The minimum atomic E-state index is -1.09. The van der Waals surface area contributed by atoms with Gasteiger partial charge >= 0.3 is 5.97 Å². The second-order valence-electron chi connectivity index (χ2n) is 4.74. The molecule has 0 aliphatic carbocycles. The monoisotopic (exact) mass is 294 g/mol. The van der Waals surface area contributed by atoms with Crippen molar-refractivity contribution in [2.75, 3.05) is 0 Å². The van der Waals surface area contributed by atoms with Crippen LogP contribution >= 0.6 is 0 Å². The number of carboxylic acids is 1. The molecule has 1 heterocycles. The summed E-state index contributed by atoms with van der Waals surface area (Å²) in [6, 6.07) is 8.03. The van der Waals surface area contributed by atoms with Crippen molar-refractivity contribution in [2.45, 2.75) is 13.3 Å². The molecule has 22 heavy (non-hydrogen) atoms. The maximum atomic E-state index is 10.8. The highest BCUT2D eigenvalue weighted by molar-refractivity contribution is 6.08. The molecule has 0 unspecified atom stereocenters. The number of para-hydroxylation sites is 1. The number of aromatic nitrogens is 1. The van der Waals surface area contributed by atoms with Gasteiger partial charge in [0.15, 0.2) is 0 Å². The summed E-state index contributed by atoms with van der Waals surface area (Å²) in [5, 5.41) is 10.0. The Morgan fingerprint density at radius 1 is 1.41 bits per heavy atom. The van der Waals surface area contributed by atoms with E-state index in [4.69, 9.17) is 5.11 Å². The van der Waals surface area contributed by atoms with Crippen molar-refractivity contribution in [3.05, 3.63) is 66.9 Å². The summed E-state index contributed by atoms with van der Waals surface area (Å²) in [6.45, 7) is 9.24. The molecular formula is C18H18N2O2. The van der Waals surface area contributed by atoms with Crippen molar-refractivity contribution in [3.8, 4) is 0 Å². The van der Waals surface area contributed by atoms with Crippen molar-refractivity contribution in [1.82, 2.24) is 4.57 Å². The molecule has 112 valence electrons. The van der Waals surface area contributed by atoms with E-state index in [0.717, 1.165) is 17.3 Å². The van der Waals surface area contributed by atoms with Gasteiger partial charge in [-0.2, -0.15) is 0 Å². The van der Waals surface area contributed by atoms with Gasteiger partial charge in [-0.25, -0.2) is 9.79 Å². The van der Waals surface area contributed by atoms with Gasteiger partial charge < -0.3 is 9.67 Å². The van der Waals surface area contributed by atoms with Gasteiger partial charge in [-0.15, -0.1) is 0 Å². The van der Waals surface area contributed by atoms with Gasteiger partial charge in [0.1, 0.15) is 5.82 Å². The number of aliphatic carboxylic acids is 1. The Morgan fingerprint density at radius 3 is 2.77 bits per heavy atom. The first-order chi connectivity index (χ1) is 10.6. The van der Waals surface area contributed by atoms with Crippen LogP contribution in [-0.4, -0.2) is 21.9 Å². The van der Waals surface area contributed by atoms with Gasteiger partial charge in [0, 0.05) is 17.8 Å². The lowest BCUT2D eigenvalue weighted by atomic mass is 10.1. The SMILES string of the molecule is C=C/C=C(\N=C/C(=C)C(=O)O)n1cc(CC)c2ccccc21. The van der Waals surface area contributed by atoms with E-state index in [0.29, 0.717) is 5.82 Å². The molecule has 1 aromatic carbocycles. The third-order valence-corrected chi connectivity index (χ3v) is 3.32. The number of carbonyl (C=O) groups is 1. The molecule has 0 aliphatic rings. The average Bonchev–Trinajstić information content (AvgIpc) is 2.89. The Labute approximate surface area is 129 Å². The fourth-order valence-corrected chi connectivity index (χ4v) is 2.21. The zero-order valence-corrected chi connectivity index (χ0v) is 12.5. The van der Waals surface area contributed by atoms with Gasteiger partial charge in [0.2, 0.25) is 0 Å². The molecule has 0 atom stereocenters. The van der Waals surface area contributed by atoms with E-state index in [9.17, 15) is 4.79 Å². The summed E-state index contributed by atoms with van der Waals surface area (Å²) in [4.78, 5) is 15.1. The van der Waals surface area contributed by atoms with Crippen molar-refractivity contribution < 1.29 is 9.90 Å². The zero-order valence-electron chi connectivity index (χ0n) is 12.5. The van der Waals surface area contributed by atoms with Crippen molar-refractivity contribution >= 4 is 28.9 Å². The second-order valence-corrected chi connectivity index (χ2v) is 4.74. The predicted octanol–water partition coefficient (Wildman–Crippen LogP) is 3.90. The highest BCUT2D eigenvalue weighted by atomic mass is 16.4. The molecular weight excluding hydrogens is 276 g/mol. The molecule has 0 radical (unpaired) electrons. The van der Waals surface area contributed by atoms with E-state index in [-0.39, 0.29) is 5.57 Å². The fraction of sp³-hybridized carbons (Fsp3) is 0.111. The molecule has 2 aromatic rings. The van der Waals surface area contributed by atoms with E-state index >= 15 is 0 Å².